The molecule has 2 amide bonds. The highest BCUT2D eigenvalue weighted by Crippen LogP contribution is 2.39. The van der Waals surface area contributed by atoms with Crippen molar-refractivity contribution in [3.63, 3.8) is 0 Å². The van der Waals surface area contributed by atoms with Gasteiger partial charge in [0.15, 0.2) is 0 Å². The Labute approximate surface area is 135 Å². The minimum atomic E-state index is -0.237. The largest absolute Gasteiger partial charge is 0.350 e. The third kappa shape index (κ3) is 3.94. The first kappa shape index (κ1) is 15.2. The Bertz CT molecular complexity index is 715. The number of anilines is 1. The predicted molar refractivity (Wildman–Crippen MR) is 87.5 cm³/mol. The number of hydrogen-bond donors (Lipinski definition) is 2. The Morgan fingerprint density at radius 2 is 1.96 bits per heavy atom. The van der Waals surface area contributed by atoms with Gasteiger partial charge in [-0.25, -0.2) is 0 Å². The maximum atomic E-state index is 12.2. The van der Waals surface area contributed by atoms with Crippen molar-refractivity contribution in [1.29, 1.82) is 0 Å². The molecule has 0 saturated heterocycles. The molecule has 0 radical (unpaired) electrons. The lowest BCUT2D eigenvalue weighted by atomic mass is 10.2. The Balaban J connectivity index is 1.48. The first-order valence-electron chi connectivity index (χ1n) is 7.68. The van der Waals surface area contributed by atoms with E-state index in [1.54, 1.807) is 6.20 Å². The average Bonchev–Trinajstić information content (AvgIpc) is 3.34. The van der Waals surface area contributed by atoms with Crippen LogP contribution >= 0.6 is 0 Å². The van der Waals surface area contributed by atoms with Crippen LogP contribution in [0.5, 0.6) is 0 Å². The minimum absolute atomic E-state index is 0.0833. The van der Waals surface area contributed by atoms with E-state index >= 15 is 0 Å². The predicted octanol–water partition coefficient (Wildman–Crippen LogP) is 2.28. The standard InChI is InChI=1S/C18H19N3O2/c1-12-5-4-7-13(9-12)21-18(23)16-10-15(16)17(22)20-11-14-6-2-3-8-19-14/h2-9,15-16H,10-11H2,1H3,(H,20,22)(H,21,23). The van der Waals surface area contributed by atoms with Crippen LogP contribution in [0.15, 0.2) is 48.7 Å². The van der Waals surface area contributed by atoms with Crippen molar-refractivity contribution in [3.05, 3.63) is 59.9 Å². The fourth-order valence-electron chi connectivity index (χ4n) is 2.54. The molecule has 2 atom stereocenters. The van der Waals surface area contributed by atoms with Gasteiger partial charge in [0.25, 0.3) is 0 Å². The summed E-state index contributed by atoms with van der Waals surface area (Å²) in [5, 5.41) is 5.71. The van der Waals surface area contributed by atoms with Crippen LogP contribution in [-0.2, 0) is 16.1 Å². The molecular formula is C18H19N3O2. The molecule has 1 aromatic carbocycles. The average molecular weight is 309 g/mol. The summed E-state index contributed by atoms with van der Waals surface area (Å²) in [6.45, 7) is 2.36. The number of carbonyl (C=O) groups excluding carboxylic acids is 2. The van der Waals surface area contributed by atoms with Crippen molar-refractivity contribution in [2.45, 2.75) is 19.9 Å². The Kier molecular flexibility index (Phi) is 4.37. The quantitative estimate of drug-likeness (QED) is 0.890. The van der Waals surface area contributed by atoms with Gasteiger partial charge in [-0.1, -0.05) is 18.2 Å². The lowest BCUT2D eigenvalue weighted by Crippen LogP contribution is -2.27. The second kappa shape index (κ2) is 6.60. The number of pyridine rings is 1. The first-order chi connectivity index (χ1) is 11.1. The van der Waals surface area contributed by atoms with Gasteiger partial charge in [0.2, 0.25) is 11.8 Å². The summed E-state index contributed by atoms with van der Waals surface area (Å²) in [5.41, 5.74) is 2.67. The Hall–Kier alpha value is -2.69. The molecule has 1 fully saturated rings. The smallest absolute Gasteiger partial charge is 0.228 e. The van der Waals surface area contributed by atoms with E-state index < -0.39 is 0 Å². The maximum absolute atomic E-state index is 12.2. The molecular weight excluding hydrogens is 290 g/mol. The van der Waals surface area contributed by atoms with Gasteiger partial charge >= 0.3 is 0 Å². The van der Waals surface area contributed by atoms with Crippen LogP contribution in [0.1, 0.15) is 17.7 Å². The van der Waals surface area contributed by atoms with Crippen LogP contribution in [0.4, 0.5) is 5.69 Å². The molecule has 2 N–H and O–H groups in total. The molecule has 1 heterocycles. The zero-order chi connectivity index (χ0) is 16.2. The summed E-state index contributed by atoms with van der Waals surface area (Å²) in [5.74, 6) is -0.642. The molecule has 23 heavy (non-hydrogen) atoms. The number of amides is 2. The van der Waals surface area contributed by atoms with Gasteiger partial charge in [0.05, 0.1) is 24.1 Å². The topological polar surface area (TPSA) is 71.1 Å². The van der Waals surface area contributed by atoms with E-state index in [0.29, 0.717) is 13.0 Å². The van der Waals surface area contributed by atoms with Crippen LogP contribution in [0.25, 0.3) is 0 Å². The van der Waals surface area contributed by atoms with Gasteiger partial charge in [-0.15, -0.1) is 0 Å². The van der Waals surface area contributed by atoms with Crippen molar-refractivity contribution in [1.82, 2.24) is 10.3 Å². The van der Waals surface area contributed by atoms with E-state index in [1.807, 2.05) is 49.4 Å². The van der Waals surface area contributed by atoms with Crippen molar-refractivity contribution in [2.24, 2.45) is 11.8 Å². The number of benzene rings is 1. The van der Waals surface area contributed by atoms with Crippen LogP contribution in [0, 0.1) is 18.8 Å². The van der Waals surface area contributed by atoms with Gasteiger partial charge in [-0.2, -0.15) is 0 Å². The molecule has 1 aliphatic rings. The SMILES string of the molecule is Cc1cccc(NC(=O)C2CC2C(=O)NCc2ccccn2)c1. The van der Waals surface area contributed by atoms with Gasteiger partial charge in [-0.05, 0) is 43.2 Å². The number of hydrogen-bond acceptors (Lipinski definition) is 3. The van der Waals surface area contributed by atoms with E-state index in [2.05, 4.69) is 15.6 Å². The highest BCUT2D eigenvalue weighted by atomic mass is 16.2. The summed E-state index contributed by atoms with van der Waals surface area (Å²) in [6, 6.07) is 13.2. The van der Waals surface area contributed by atoms with E-state index in [9.17, 15) is 9.59 Å². The third-order valence-electron chi connectivity index (χ3n) is 3.92. The molecule has 0 spiro atoms. The molecule has 1 saturated carbocycles. The summed E-state index contributed by atoms with van der Waals surface area (Å²) in [7, 11) is 0. The number of rotatable bonds is 5. The second-order valence-electron chi connectivity index (χ2n) is 5.85. The molecule has 118 valence electrons. The van der Waals surface area contributed by atoms with Crippen molar-refractivity contribution < 1.29 is 9.59 Å². The number of nitrogens with zero attached hydrogens (tertiary/aromatic N) is 1. The van der Waals surface area contributed by atoms with Crippen LogP contribution in [0.2, 0.25) is 0 Å². The lowest BCUT2D eigenvalue weighted by Gasteiger charge is -2.06. The number of nitrogens with one attached hydrogen (secondary N) is 2. The first-order valence-corrected chi connectivity index (χ1v) is 7.68. The van der Waals surface area contributed by atoms with Crippen molar-refractivity contribution in [2.75, 3.05) is 5.32 Å². The maximum Gasteiger partial charge on any atom is 0.228 e. The van der Waals surface area contributed by atoms with Crippen LogP contribution < -0.4 is 10.6 Å². The molecule has 5 nitrogen and oxygen atoms in total. The van der Waals surface area contributed by atoms with E-state index in [0.717, 1.165) is 16.9 Å². The molecule has 1 aliphatic carbocycles. The summed E-state index contributed by atoms with van der Waals surface area (Å²) < 4.78 is 0. The highest BCUT2D eigenvalue weighted by molar-refractivity contribution is 5.99. The van der Waals surface area contributed by atoms with E-state index in [-0.39, 0.29) is 23.7 Å². The van der Waals surface area contributed by atoms with Crippen molar-refractivity contribution >= 4 is 17.5 Å². The molecule has 1 aromatic heterocycles. The number of aromatic nitrogens is 1. The molecule has 3 rings (SSSR count). The second-order valence-corrected chi connectivity index (χ2v) is 5.85. The zero-order valence-electron chi connectivity index (χ0n) is 13.0. The Morgan fingerprint density at radius 1 is 1.13 bits per heavy atom. The van der Waals surface area contributed by atoms with Crippen molar-refractivity contribution in [3.8, 4) is 0 Å². The summed E-state index contributed by atoms with van der Waals surface area (Å²) in [6.07, 6.45) is 2.29. The molecule has 2 aromatic rings. The summed E-state index contributed by atoms with van der Waals surface area (Å²) in [4.78, 5) is 28.4. The summed E-state index contributed by atoms with van der Waals surface area (Å²) >= 11 is 0. The third-order valence-corrected chi connectivity index (χ3v) is 3.92. The Morgan fingerprint density at radius 3 is 2.70 bits per heavy atom. The number of aryl methyl sites for hydroxylation is 1. The fraction of sp³-hybridized carbons (Fsp3) is 0.278. The van der Waals surface area contributed by atoms with Gasteiger partial charge < -0.3 is 10.6 Å². The van der Waals surface area contributed by atoms with Gasteiger partial charge in [0, 0.05) is 11.9 Å². The number of carbonyl (C=O) groups is 2. The van der Waals surface area contributed by atoms with Gasteiger partial charge in [-0.3, -0.25) is 14.6 Å². The molecule has 0 bridgehead atoms. The van der Waals surface area contributed by atoms with Crippen LogP contribution in [-0.4, -0.2) is 16.8 Å². The minimum Gasteiger partial charge on any atom is -0.350 e. The van der Waals surface area contributed by atoms with Gasteiger partial charge in [0.1, 0.15) is 0 Å². The van der Waals surface area contributed by atoms with E-state index in [1.165, 1.54) is 0 Å². The normalized spacial score (nSPS) is 19.0. The molecule has 0 aliphatic heterocycles. The molecule has 2 unspecified atom stereocenters. The highest BCUT2D eigenvalue weighted by Gasteiger charge is 2.47. The zero-order valence-corrected chi connectivity index (χ0v) is 13.0. The fourth-order valence-corrected chi connectivity index (χ4v) is 2.54. The van der Waals surface area contributed by atoms with Crippen LogP contribution in [0.3, 0.4) is 0 Å². The lowest BCUT2D eigenvalue weighted by molar-refractivity contribution is -0.125. The molecule has 5 heteroatoms. The van der Waals surface area contributed by atoms with E-state index in [4.69, 9.17) is 0 Å². The monoisotopic (exact) mass is 309 g/mol.